The lowest BCUT2D eigenvalue weighted by Gasteiger charge is -2.37. The lowest BCUT2D eigenvalue weighted by molar-refractivity contribution is 0.0804. The molecule has 5 rings (SSSR count). The smallest absolute Gasteiger partial charge is 0.272 e. The van der Waals surface area contributed by atoms with Crippen molar-refractivity contribution in [3.63, 3.8) is 0 Å². The fraction of sp³-hybridized carbons (Fsp3) is 0.381. The maximum absolute atomic E-state index is 12.6. The number of anilines is 2. The maximum atomic E-state index is 12.6. The molecule has 0 N–H and O–H groups in total. The second-order valence-electron chi connectivity index (χ2n) is 7.66. The number of ether oxygens (including phenoxy) is 1. The highest BCUT2D eigenvalue weighted by Crippen LogP contribution is 2.29. The number of halogens is 2. The minimum atomic E-state index is -2.56. The number of aromatic nitrogens is 6. The van der Waals surface area contributed by atoms with E-state index in [1.165, 1.54) is 6.33 Å². The number of hydrogen-bond donors (Lipinski definition) is 0. The number of fused-ring (bicyclic) bond motifs is 2. The van der Waals surface area contributed by atoms with Crippen LogP contribution in [-0.4, -0.2) is 68.9 Å². The van der Waals surface area contributed by atoms with Gasteiger partial charge in [0.25, 0.3) is 6.43 Å². The van der Waals surface area contributed by atoms with Crippen LogP contribution in [0.4, 0.5) is 20.3 Å². The fourth-order valence-corrected chi connectivity index (χ4v) is 4.01. The molecule has 0 bridgehead atoms. The summed E-state index contributed by atoms with van der Waals surface area (Å²) in [5, 5.41) is 5.89. The molecule has 0 radical (unpaired) electrons. The molecular weight excluding hydrogens is 418 g/mol. The Bertz CT molecular complexity index is 1270. The van der Waals surface area contributed by atoms with Crippen LogP contribution in [0.25, 0.3) is 21.9 Å². The lowest BCUT2D eigenvalue weighted by atomic mass is 10.2. The van der Waals surface area contributed by atoms with E-state index in [-0.39, 0.29) is 5.88 Å². The third-order valence-electron chi connectivity index (χ3n) is 5.56. The van der Waals surface area contributed by atoms with Gasteiger partial charge in [-0.05, 0) is 25.1 Å². The summed E-state index contributed by atoms with van der Waals surface area (Å²) in [6.45, 7) is 4.29. The van der Waals surface area contributed by atoms with Gasteiger partial charge in [0.1, 0.15) is 18.0 Å². The van der Waals surface area contributed by atoms with E-state index in [2.05, 4.69) is 34.8 Å². The first-order valence-electron chi connectivity index (χ1n) is 10.3. The van der Waals surface area contributed by atoms with Gasteiger partial charge in [-0.25, -0.2) is 28.7 Å². The number of rotatable bonds is 5. The summed E-state index contributed by atoms with van der Waals surface area (Å²) >= 11 is 0. The molecule has 0 aliphatic carbocycles. The molecule has 0 saturated carbocycles. The zero-order valence-corrected chi connectivity index (χ0v) is 17.7. The monoisotopic (exact) mass is 440 g/mol. The SMILES string of the molecule is Cc1nc(N2CCN(c3ccc4ncnc(OCC(F)F)c4c3)CC2)c2cnn(C)c2n1. The van der Waals surface area contributed by atoms with E-state index < -0.39 is 13.0 Å². The third kappa shape index (κ3) is 3.74. The summed E-state index contributed by atoms with van der Waals surface area (Å²) in [6, 6.07) is 5.75. The normalized spacial score (nSPS) is 14.7. The van der Waals surface area contributed by atoms with Crippen LogP contribution >= 0.6 is 0 Å². The molecule has 1 fully saturated rings. The van der Waals surface area contributed by atoms with Crippen LogP contribution in [0, 0.1) is 6.92 Å². The Morgan fingerprint density at radius 3 is 2.59 bits per heavy atom. The number of benzene rings is 1. The molecule has 0 spiro atoms. The molecule has 4 aromatic rings. The molecule has 3 aromatic heterocycles. The highest BCUT2D eigenvalue weighted by molar-refractivity contribution is 5.88. The molecule has 0 amide bonds. The number of hydrogen-bond acceptors (Lipinski definition) is 8. The Balaban J connectivity index is 1.37. The highest BCUT2D eigenvalue weighted by Gasteiger charge is 2.22. The molecular formula is C21H22F2N8O. The van der Waals surface area contributed by atoms with Crippen LogP contribution in [0.3, 0.4) is 0 Å². The second-order valence-corrected chi connectivity index (χ2v) is 7.66. The minimum Gasteiger partial charge on any atom is -0.471 e. The first kappa shape index (κ1) is 20.3. The summed E-state index contributed by atoms with van der Waals surface area (Å²) < 4.78 is 32.2. The maximum Gasteiger partial charge on any atom is 0.272 e. The number of aryl methyl sites for hydroxylation is 2. The van der Waals surface area contributed by atoms with Crippen LogP contribution in [0.15, 0.2) is 30.7 Å². The van der Waals surface area contributed by atoms with Crippen molar-refractivity contribution in [3.05, 3.63) is 36.5 Å². The van der Waals surface area contributed by atoms with Gasteiger partial charge in [-0.1, -0.05) is 0 Å². The summed E-state index contributed by atoms with van der Waals surface area (Å²) in [4.78, 5) is 21.9. The average Bonchev–Trinajstić information content (AvgIpc) is 3.17. The fourth-order valence-electron chi connectivity index (χ4n) is 4.01. The van der Waals surface area contributed by atoms with Crippen molar-refractivity contribution in [2.45, 2.75) is 13.3 Å². The average molecular weight is 440 g/mol. The van der Waals surface area contributed by atoms with E-state index in [1.54, 1.807) is 10.9 Å². The minimum absolute atomic E-state index is 0.172. The Morgan fingerprint density at radius 2 is 1.81 bits per heavy atom. The Kier molecular flexibility index (Phi) is 5.16. The number of piperazine rings is 1. The van der Waals surface area contributed by atoms with Gasteiger partial charge in [0, 0.05) is 38.9 Å². The van der Waals surface area contributed by atoms with Gasteiger partial charge in [0.05, 0.1) is 22.5 Å². The van der Waals surface area contributed by atoms with E-state index >= 15 is 0 Å². The van der Waals surface area contributed by atoms with Crippen LogP contribution in [0.2, 0.25) is 0 Å². The van der Waals surface area contributed by atoms with Crippen LogP contribution in [-0.2, 0) is 7.05 Å². The molecule has 9 nitrogen and oxygen atoms in total. The van der Waals surface area contributed by atoms with Crippen molar-refractivity contribution in [1.29, 1.82) is 0 Å². The van der Waals surface area contributed by atoms with Gasteiger partial charge in [0.2, 0.25) is 5.88 Å². The molecule has 11 heteroatoms. The molecule has 32 heavy (non-hydrogen) atoms. The predicted octanol–water partition coefficient (Wildman–Crippen LogP) is 2.59. The zero-order valence-electron chi connectivity index (χ0n) is 17.7. The second kappa shape index (κ2) is 8.13. The molecule has 166 valence electrons. The van der Waals surface area contributed by atoms with E-state index in [0.717, 1.165) is 48.7 Å². The van der Waals surface area contributed by atoms with Crippen molar-refractivity contribution >= 4 is 33.4 Å². The number of nitrogens with zero attached hydrogens (tertiary/aromatic N) is 8. The number of alkyl halides is 2. The van der Waals surface area contributed by atoms with Gasteiger partial charge in [0.15, 0.2) is 12.3 Å². The summed E-state index contributed by atoms with van der Waals surface area (Å²) in [7, 11) is 1.87. The lowest BCUT2D eigenvalue weighted by Crippen LogP contribution is -2.47. The largest absolute Gasteiger partial charge is 0.471 e. The zero-order chi connectivity index (χ0) is 22.2. The van der Waals surface area contributed by atoms with Gasteiger partial charge < -0.3 is 14.5 Å². The quantitative estimate of drug-likeness (QED) is 0.468. The molecule has 0 unspecified atom stereocenters. The van der Waals surface area contributed by atoms with Gasteiger partial charge >= 0.3 is 0 Å². The Hall–Kier alpha value is -3.63. The van der Waals surface area contributed by atoms with Gasteiger partial charge in [-0.3, -0.25) is 4.68 Å². The topological polar surface area (TPSA) is 85.1 Å². The molecule has 1 aliphatic rings. The molecule has 4 heterocycles. The van der Waals surface area contributed by atoms with Crippen molar-refractivity contribution in [2.24, 2.45) is 7.05 Å². The van der Waals surface area contributed by atoms with Crippen molar-refractivity contribution in [3.8, 4) is 5.88 Å². The van der Waals surface area contributed by atoms with Crippen molar-refractivity contribution in [1.82, 2.24) is 29.7 Å². The summed E-state index contributed by atoms with van der Waals surface area (Å²) in [5.41, 5.74) is 2.45. The van der Waals surface area contributed by atoms with Crippen LogP contribution in [0.1, 0.15) is 5.82 Å². The van der Waals surface area contributed by atoms with E-state index in [4.69, 9.17) is 4.74 Å². The first-order valence-corrected chi connectivity index (χ1v) is 10.3. The van der Waals surface area contributed by atoms with E-state index in [0.29, 0.717) is 16.7 Å². The van der Waals surface area contributed by atoms with Crippen LogP contribution < -0.4 is 14.5 Å². The standard InChI is InChI=1S/C21H22F2N8O/c1-13-27-19-16(10-26-29(19)2)20(28-13)31-7-5-30(6-8-31)14-3-4-17-15(9-14)21(25-12-24-17)32-11-18(22)23/h3-4,9-10,12,18H,5-8,11H2,1-2H3. The van der Waals surface area contributed by atoms with Gasteiger partial charge in [-0.15, -0.1) is 0 Å². The van der Waals surface area contributed by atoms with Crippen molar-refractivity contribution < 1.29 is 13.5 Å². The van der Waals surface area contributed by atoms with Crippen LogP contribution in [0.5, 0.6) is 5.88 Å². The van der Waals surface area contributed by atoms with E-state index in [1.807, 2.05) is 32.2 Å². The van der Waals surface area contributed by atoms with Crippen molar-refractivity contribution in [2.75, 3.05) is 42.6 Å². The Labute approximate surface area is 182 Å². The highest BCUT2D eigenvalue weighted by atomic mass is 19.3. The van der Waals surface area contributed by atoms with E-state index in [9.17, 15) is 8.78 Å². The summed E-state index contributed by atoms with van der Waals surface area (Å²) in [6.07, 6.45) is 0.568. The summed E-state index contributed by atoms with van der Waals surface area (Å²) in [5.74, 6) is 1.78. The van der Waals surface area contributed by atoms with Gasteiger partial charge in [-0.2, -0.15) is 5.10 Å². The molecule has 1 aliphatic heterocycles. The molecule has 1 aromatic carbocycles. The molecule has 0 atom stereocenters. The molecule has 1 saturated heterocycles. The third-order valence-corrected chi connectivity index (χ3v) is 5.56. The Morgan fingerprint density at radius 1 is 1.03 bits per heavy atom. The predicted molar refractivity (Wildman–Crippen MR) is 117 cm³/mol. The first-order chi connectivity index (χ1) is 15.5.